The first kappa shape index (κ1) is 14.6. The van der Waals surface area contributed by atoms with Gasteiger partial charge in [-0.1, -0.05) is 23.7 Å². The van der Waals surface area contributed by atoms with Crippen molar-refractivity contribution in [3.8, 4) is 0 Å². The van der Waals surface area contributed by atoms with Gasteiger partial charge in [-0.3, -0.25) is 9.59 Å². The molecule has 0 atom stereocenters. The molecule has 2 aromatic rings. The number of para-hydroxylation sites is 1. The fraction of sp³-hybridized carbons (Fsp3) is 0.176. The van der Waals surface area contributed by atoms with Crippen LogP contribution in [0, 0.1) is 0 Å². The maximum atomic E-state index is 12.7. The van der Waals surface area contributed by atoms with Crippen molar-refractivity contribution in [2.45, 2.75) is 13.3 Å². The molecule has 0 bridgehead atoms. The summed E-state index contributed by atoms with van der Waals surface area (Å²) in [5.74, 6) is -0.673. The van der Waals surface area contributed by atoms with Gasteiger partial charge in [-0.05, 0) is 42.3 Å². The van der Waals surface area contributed by atoms with Gasteiger partial charge in [0.1, 0.15) is 0 Å². The number of hydrogen-bond acceptors (Lipinski definition) is 3. The van der Waals surface area contributed by atoms with E-state index in [1.54, 1.807) is 30.3 Å². The monoisotopic (exact) mass is 314 g/mol. The van der Waals surface area contributed by atoms with Crippen LogP contribution in [0.1, 0.15) is 22.8 Å². The van der Waals surface area contributed by atoms with Crippen LogP contribution in [0.3, 0.4) is 0 Å². The molecule has 2 amide bonds. The Morgan fingerprint density at radius 2 is 1.86 bits per heavy atom. The molecule has 1 heterocycles. The Bertz CT molecular complexity index is 741. The molecular formula is C17H15ClN2O2. The summed E-state index contributed by atoms with van der Waals surface area (Å²) in [6, 6.07) is 12.2. The maximum absolute atomic E-state index is 12.7. The van der Waals surface area contributed by atoms with Crippen molar-refractivity contribution < 1.29 is 9.59 Å². The Balaban J connectivity index is 2.04. The molecule has 0 radical (unpaired) electrons. The second-order valence-electron chi connectivity index (χ2n) is 5.15. The van der Waals surface area contributed by atoms with Gasteiger partial charge in [0.25, 0.3) is 5.91 Å². The summed E-state index contributed by atoms with van der Waals surface area (Å²) in [5, 5.41) is 3.80. The highest BCUT2D eigenvalue weighted by molar-refractivity contribution is 6.30. The number of carbonyl (C=O) groups is 2. The van der Waals surface area contributed by atoms with E-state index in [-0.39, 0.29) is 11.8 Å². The molecular weight excluding hydrogens is 300 g/mol. The zero-order valence-electron chi connectivity index (χ0n) is 12.1. The Morgan fingerprint density at radius 3 is 2.55 bits per heavy atom. The molecule has 4 nitrogen and oxygen atoms in total. The molecule has 3 rings (SSSR count). The van der Waals surface area contributed by atoms with E-state index in [0.29, 0.717) is 16.3 Å². The van der Waals surface area contributed by atoms with Crippen LogP contribution in [-0.4, -0.2) is 18.4 Å². The zero-order valence-corrected chi connectivity index (χ0v) is 12.9. The largest absolute Gasteiger partial charge is 0.383 e. The molecule has 0 saturated heterocycles. The number of nitrogens with one attached hydrogen (secondary N) is 1. The summed E-state index contributed by atoms with van der Waals surface area (Å²) in [4.78, 5) is 26.0. The van der Waals surface area contributed by atoms with Crippen LogP contribution >= 0.6 is 11.6 Å². The van der Waals surface area contributed by atoms with Crippen LogP contribution in [0.4, 0.5) is 11.4 Å². The summed E-state index contributed by atoms with van der Waals surface area (Å²) >= 11 is 5.85. The second kappa shape index (κ2) is 5.81. The van der Waals surface area contributed by atoms with Gasteiger partial charge < -0.3 is 5.32 Å². The van der Waals surface area contributed by atoms with Crippen LogP contribution in [0.15, 0.2) is 42.5 Å². The summed E-state index contributed by atoms with van der Waals surface area (Å²) in [7, 11) is 0. The van der Waals surface area contributed by atoms with Gasteiger partial charge in [-0.25, -0.2) is 4.90 Å². The Kier molecular flexibility index (Phi) is 3.86. The van der Waals surface area contributed by atoms with Crippen molar-refractivity contribution in [2.24, 2.45) is 0 Å². The summed E-state index contributed by atoms with van der Waals surface area (Å²) in [6.07, 6.45) is 0.893. The van der Waals surface area contributed by atoms with Gasteiger partial charge in [0.2, 0.25) is 5.91 Å². The third-order valence-corrected chi connectivity index (χ3v) is 3.93. The predicted molar refractivity (Wildman–Crippen MR) is 87.6 cm³/mol. The van der Waals surface area contributed by atoms with E-state index in [1.165, 1.54) is 11.8 Å². The number of rotatable bonds is 2. The van der Waals surface area contributed by atoms with Crippen molar-refractivity contribution in [1.82, 2.24) is 0 Å². The van der Waals surface area contributed by atoms with Gasteiger partial charge in [-0.2, -0.15) is 0 Å². The van der Waals surface area contributed by atoms with E-state index in [1.807, 2.05) is 12.1 Å². The molecule has 112 valence electrons. The SMILES string of the molecule is CC(=O)N(C(=O)c1ccc(Cl)cc1)c1cccc2c1NCC2. The number of halogens is 1. The van der Waals surface area contributed by atoms with Crippen LogP contribution < -0.4 is 10.2 Å². The molecule has 1 aliphatic heterocycles. The fourth-order valence-electron chi connectivity index (χ4n) is 2.65. The lowest BCUT2D eigenvalue weighted by Gasteiger charge is -2.22. The van der Waals surface area contributed by atoms with Gasteiger partial charge in [-0.15, -0.1) is 0 Å². The number of nitrogens with zero attached hydrogens (tertiary/aromatic N) is 1. The Labute approximate surface area is 133 Å². The van der Waals surface area contributed by atoms with Crippen LogP contribution in [0.2, 0.25) is 5.02 Å². The Hall–Kier alpha value is -2.33. The molecule has 0 aromatic heterocycles. The first-order chi connectivity index (χ1) is 10.6. The number of anilines is 2. The quantitative estimate of drug-likeness (QED) is 0.923. The molecule has 0 spiro atoms. The van der Waals surface area contributed by atoms with Gasteiger partial charge in [0.15, 0.2) is 0 Å². The third-order valence-electron chi connectivity index (χ3n) is 3.67. The van der Waals surface area contributed by atoms with E-state index in [9.17, 15) is 9.59 Å². The number of imide groups is 1. The Morgan fingerprint density at radius 1 is 1.14 bits per heavy atom. The maximum Gasteiger partial charge on any atom is 0.265 e. The van der Waals surface area contributed by atoms with Gasteiger partial charge >= 0.3 is 0 Å². The minimum absolute atomic E-state index is 0.318. The first-order valence-electron chi connectivity index (χ1n) is 7.04. The van der Waals surface area contributed by atoms with E-state index in [2.05, 4.69) is 5.32 Å². The smallest absolute Gasteiger partial charge is 0.265 e. The normalized spacial score (nSPS) is 12.5. The molecule has 0 unspecified atom stereocenters. The van der Waals surface area contributed by atoms with Gasteiger partial charge in [0.05, 0.1) is 11.4 Å². The molecule has 0 saturated carbocycles. The molecule has 22 heavy (non-hydrogen) atoms. The van der Waals surface area contributed by atoms with E-state index >= 15 is 0 Å². The van der Waals surface area contributed by atoms with Crippen molar-refractivity contribution in [1.29, 1.82) is 0 Å². The van der Waals surface area contributed by atoms with Crippen molar-refractivity contribution >= 4 is 34.8 Å². The zero-order chi connectivity index (χ0) is 15.7. The van der Waals surface area contributed by atoms with Gasteiger partial charge in [0, 0.05) is 24.1 Å². The standard InChI is InChI=1S/C17H15ClN2O2/c1-11(21)20(17(22)13-5-7-14(18)8-6-13)15-4-2-3-12-9-10-19-16(12)15/h2-8,19H,9-10H2,1H3. The highest BCUT2D eigenvalue weighted by Gasteiger charge is 2.26. The molecule has 0 aliphatic carbocycles. The topological polar surface area (TPSA) is 49.4 Å². The highest BCUT2D eigenvalue weighted by atomic mass is 35.5. The molecule has 2 aromatic carbocycles. The highest BCUT2D eigenvalue weighted by Crippen LogP contribution is 2.34. The number of carbonyl (C=O) groups excluding carboxylic acids is 2. The van der Waals surface area contributed by atoms with Crippen LogP contribution in [-0.2, 0) is 11.2 Å². The lowest BCUT2D eigenvalue weighted by molar-refractivity contribution is -0.115. The minimum Gasteiger partial charge on any atom is -0.383 e. The molecule has 5 heteroatoms. The van der Waals surface area contributed by atoms with E-state index < -0.39 is 0 Å². The van der Waals surface area contributed by atoms with E-state index in [4.69, 9.17) is 11.6 Å². The summed E-state index contributed by atoms with van der Waals surface area (Å²) in [6.45, 7) is 2.20. The molecule has 0 fully saturated rings. The minimum atomic E-state index is -0.355. The lowest BCUT2D eigenvalue weighted by atomic mass is 10.1. The number of fused-ring (bicyclic) bond motifs is 1. The number of amides is 2. The van der Waals surface area contributed by atoms with E-state index in [0.717, 1.165) is 24.2 Å². The summed E-state index contributed by atoms with van der Waals surface area (Å²) < 4.78 is 0. The first-order valence-corrected chi connectivity index (χ1v) is 7.42. The van der Waals surface area contributed by atoms with Crippen molar-refractivity contribution in [3.63, 3.8) is 0 Å². The predicted octanol–water partition coefficient (Wildman–Crippen LogP) is 3.50. The second-order valence-corrected chi connectivity index (χ2v) is 5.59. The van der Waals surface area contributed by atoms with Crippen molar-refractivity contribution in [2.75, 3.05) is 16.8 Å². The average molecular weight is 315 g/mol. The van der Waals surface area contributed by atoms with Crippen LogP contribution in [0.5, 0.6) is 0 Å². The van der Waals surface area contributed by atoms with Crippen molar-refractivity contribution in [3.05, 3.63) is 58.6 Å². The molecule has 1 aliphatic rings. The number of hydrogen-bond donors (Lipinski definition) is 1. The third kappa shape index (κ3) is 2.57. The lowest BCUT2D eigenvalue weighted by Crippen LogP contribution is -2.35. The number of benzene rings is 2. The summed E-state index contributed by atoms with van der Waals surface area (Å²) in [5.41, 5.74) is 3.00. The average Bonchev–Trinajstić information content (AvgIpc) is 2.97. The fourth-order valence-corrected chi connectivity index (χ4v) is 2.78. The van der Waals surface area contributed by atoms with Crippen LogP contribution in [0.25, 0.3) is 0 Å². The molecule has 1 N–H and O–H groups in total.